The molecule has 0 saturated carbocycles. The van der Waals surface area contributed by atoms with Crippen molar-refractivity contribution in [2.45, 2.75) is 18.3 Å². The Kier molecular flexibility index (Phi) is 2.16. The van der Waals surface area contributed by atoms with E-state index in [-0.39, 0.29) is 0 Å². The van der Waals surface area contributed by atoms with Crippen LogP contribution in [0.4, 0.5) is 0 Å². The van der Waals surface area contributed by atoms with Gasteiger partial charge in [-0.3, -0.25) is 5.32 Å². The average molecular weight is 133 g/mol. The molecule has 0 bridgehead atoms. The Morgan fingerprint density at radius 3 is 2.50 bits per heavy atom. The Balaban J connectivity index is 2.01. The molecule has 1 heterocycles. The summed E-state index contributed by atoms with van der Waals surface area (Å²) in [4.78, 5) is 0. The van der Waals surface area contributed by atoms with E-state index in [1.165, 1.54) is 0 Å². The molecule has 0 aliphatic carbocycles. The molecular formula is C5H11NOS. The van der Waals surface area contributed by atoms with E-state index < -0.39 is 0 Å². The number of nitrogens with one attached hydrogen (secondary N) is 1. The summed E-state index contributed by atoms with van der Waals surface area (Å²) in [6, 6.07) is 0.558. The van der Waals surface area contributed by atoms with Crippen molar-refractivity contribution in [1.29, 1.82) is 0 Å². The van der Waals surface area contributed by atoms with Gasteiger partial charge in [0.15, 0.2) is 0 Å². The van der Waals surface area contributed by atoms with Crippen LogP contribution < -0.4 is 5.32 Å². The van der Waals surface area contributed by atoms with Gasteiger partial charge in [-0.05, 0) is 6.92 Å². The molecule has 1 aliphatic rings. The maximum absolute atomic E-state index is 4.94. The van der Waals surface area contributed by atoms with Gasteiger partial charge < -0.3 is 4.74 Å². The zero-order valence-electron chi connectivity index (χ0n) is 4.92. The SMILES string of the molecule is CC(S)NC1COC1. The molecule has 3 heteroatoms. The summed E-state index contributed by atoms with van der Waals surface area (Å²) in [5.41, 5.74) is 0. The lowest BCUT2D eigenvalue weighted by atomic mass is 10.3. The summed E-state index contributed by atoms with van der Waals surface area (Å²) in [5.74, 6) is 0. The van der Waals surface area contributed by atoms with Crippen LogP contribution >= 0.6 is 12.6 Å². The van der Waals surface area contributed by atoms with Crippen molar-refractivity contribution in [3.05, 3.63) is 0 Å². The second kappa shape index (κ2) is 2.71. The number of hydrogen-bond donors (Lipinski definition) is 2. The van der Waals surface area contributed by atoms with E-state index >= 15 is 0 Å². The van der Waals surface area contributed by atoms with E-state index in [0.717, 1.165) is 13.2 Å². The highest BCUT2D eigenvalue weighted by Gasteiger charge is 2.17. The zero-order valence-corrected chi connectivity index (χ0v) is 5.82. The topological polar surface area (TPSA) is 21.3 Å². The minimum atomic E-state index is 0.295. The quantitative estimate of drug-likeness (QED) is 0.416. The second-order valence-corrected chi connectivity index (χ2v) is 2.85. The van der Waals surface area contributed by atoms with E-state index in [1.807, 2.05) is 6.92 Å². The monoisotopic (exact) mass is 133 g/mol. The summed E-state index contributed by atoms with van der Waals surface area (Å²) in [5, 5.41) is 3.51. The van der Waals surface area contributed by atoms with Crippen molar-refractivity contribution in [2.75, 3.05) is 13.2 Å². The van der Waals surface area contributed by atoms with Gasteiger partial charge in [-0.25, -0.2) is 0 Å². The van der Waals surface area contributed by atoms with Crippen molar-refractivity contribution >= 4 is 12.6 Å². The van der Waals surface area contributed by atoms with Crippen LogP contribution in [0.1, 0.15) is 6.92 Å². The Morgan fingerprint density at radius 1 is 1.75 bits per heavy atom. The maximum atomic E-state index is 4.94. The predicted molar refractivity (Wildman–Crippen MR) is 36.2 cm³/mol. The van der Waals surface area contributed by atoms with Crippen LogP contribution in [-0.2, 0) is 4.74 Å². The average Bonchev–Trinajstić information content (AvgIpc) is 1.55. The Morgan fingerprint density at radius 2 is 2.38 bits per heavy atom. The summed E-state index contributed by atoms with van der Waals surface area (Å²) in [6.07, 6.45) is 0. The van der Waals surface area contributed by atoms with Gasteiger partial charge in [0.05, 0.1) is 19.3 Å². The van der Waals surface area contributed by atoms with Gasteiger partial charge in [0.1, 0.15) is 0 Å². The highest BCUT2D eigenvalue weighted by atomic mass is 32.1. The highest BCUT2D eigenvalue weighted by Crippen LogP contribution is 2.01. The molecule has 1 saturated heterocycles. The van der Waals surface area contributed by atoms with Gasteiger partial charge in [0.25, 0.3) is 0 Å². The van der Waals surface area contributed by atoms with Crippen LogP contribution in [0.3, 0.4) is 0 Å². The molecule has 1 unspecified atom stereocenters. The first-order valence-corrected chi connectivity index (χ1v) is 3.32. The van der Waals surface area contributed by atoms with E-state index in [0.29, 0.717) is 11.4 Å². The number of thiol groups is 1. The van der Waals surface area contributed by atoms with E-state index in [2.05, 4.69) is 17.9 Å². The first-order valence-electron chi connectivity index (χ1n) is 2.81. The van der Waals surface area contributed by atoms with Crippen LogP contribution in [0.2, 0.25) is 0 Å². The smallest absolute Gasteiger partial charge is 0.0643 e. The molecule has 0 spiro atoms. The molecule has 0 amide bonds. The molecule has 0 radical (unpaired) electrons. The predicted octanol–water partition coefficient (Wildman–Crippen LogP) is 0.251. The number of rotatable bonds is 2. The summed E-state index contributed by atoms with van der Waals surface area (Å²) in [6.45, 7) is 3.72. The number of hydrogen-bond acceptors (Lipinski definition) is 3. The molecule has 1 rings (SSSR count). The summed E-state index contributed by atoms with van der Waals surface area (Å²) < 4.78 is 4.94. The fourth-order valence-electron chi connectivity index (χ4n) is 0.673. The van der Waals surface area contributed by atoms with E-state index in [4.69, 9.17) is 4.74 Å². The third-order valence-corrected chi connectivity index (χ3v) is 1.26. The summed E-state index contributed by atoms with van der Waals surface area (Å²) >= 11 is 4.16. The molecule has 0 aromatic heterocycles. The van der Waals surface area contributed by atoms with Gasteiger partial charge >= 0.3 is 0 Å². The van der Waals surface area contributed by atoms with Crippen LogP contribution in [-0.4, -0.2) is 24.6 Å². The lowest BCUT2D eigenvalue weighted by Gasteiger charge is -2.28. The minimum absolute atomic E-state index is 0.295. The van der Waals surface area contributed by atoms with Gasteiger partial charge in [-0.1, -0.05) is 0 Å². The molecule has 0 aromatic rings. The van der Waals surface area contributed by atoms with Crippen molar-refractivity contribution in [3.8, 4) is 0 Å². The van der Waals surface area contributed by atoms with Crippen LogP contribution in [0.25, 0.3) is 0 Å². The molecule has 8 heavy (non-hydrogen) atoms. The first kappa shape index (κ1) is 6.39. The van der Waals surface area contributed by atoms with E-state index in [1.54, 1.807) is 0 Å². The standard InChI is InChI=1S/C5H11NOS/c1-4(8)6-5-2-7-3-5/h4-6,8H,2-3H2,1H3. The summed E-state index contributed by atoms with van der Waals surface area (Å²) in [7, 11) is 0. The van der Waals surface area contributed by atoms with Gasteiger partial charge in [-0.2, -0.15) is 12.6 Å². The molecule has 1 fully saturated rings. The van der Waals surface area contributed by atoms with Crippen LogP contribution in [0.5, 0.6) is 0 Å². The second-order valence-electron chi connectivity index (χ2n) is 2.08. The maximum Gasteiger partial charge on any atom is 0.0643 e. The molecule has 1 aliphatic heterocycles. The molecular weight excluding hydrogens is 122 g/mol. The minimum Gasteiger partial charge on any atom is -0.378 e. The van der Waals surface area contributed by atoms with Crippen molar-refractivity contribution in [2.24, 2.45) is 0 Å². The first-order chi connectivity index (χ1) is 3.79. The normalized spacial score (nSPS) is 24.8. The number of ether oxygens (including phenoxy) is 1. The molecule has 48 valence electrons. The zero-order chi connectivity index (χ0) is 5.98. The van der Waals surface area contributed by atoms with Crippen molar-refractivity contribution in [1.82, 2.24) is 5.32 Å². The van der Waals surface area contributed by atoms with Gasteiger partial charge in [0, 0.05) is 5.37 Å². The Labute approximate surface area is 55.0 Å². The third-order valence-electron chi connectivity index (χ3n) is 1.11. The van der Waals surface area contributed by atoms with Crippen molar-refractivity contribution in [3.63, 3.8) is 0 Å². The van der Waals surface area contributed by atoms with Crippen molar-refractivity contribution < 1.29 is 4.74 Å². The van der Waals surface area contributed by atoms with Crippen LogP contribution in [0, 0.1) is 0 Å². The lowest BCUT2D eigenvalue weighted by molar-refractivity contribution is -0.00545. The third kappa shape index (κ3) is 1.65. The lowest BCUT2D eigenvalue weighted by Crippen LogP contribution is -2.48. The van der Waals surface area contributed by atoms with E-state index in [9.17, 15) is 0 Å². The Bertz CT molecular complexity index is 72.8. The van der Waals surface area contributed by atoms with Gasteiger partial charge in [-0.15, -0.1) is 0 Å². The molecule has 1 N–H and O–H groups in total. The fraction of sp³-hybridized carbons (Fsp3) is 1.00. The Hall–Kier alpha value is 0.270. The molecule has 1 atom stereocenters. The van der Waals surface area contributed by atoms with Crippen LogP contribution in [0.15, 0.2) is 0 Å². The molecule has 0 aromatic carbocycles. The van der Waals surface area contributed by atoms with Gasteiger partial charge in [0.2, 0.25) is 0 Å². The largest absolute Gasteiger partial charge is 0.378 e. The molecule has 2 nitrogen and oxygen atoms in total. The highest BCUT2D eigenvalue weighted by molar-refractivity contribution is 7.80. The fourth-order valence-corrected chi connectivity index (χ4v) is 0.884.